The minimum absolute atomic E-state index is 0. The summed E-state index contributed by atoms with van der Waals surface area (Å²) in [5.74, 6) is 2.22. The third kappa shape index (κ3) is 5.98. The van der Waals surface area contributed by atoms with Crippen LogP contribution in [-0.4, -0.2) is 40.3 Å². The second-order valence-corrected chi connectivity index (χ2v) is 7.50. The summed E-state index contributed by atoms with van der Waals surface area (Å²) in [6.07, 6.45) is 2.82. The number of benzene rings is 1. The zero-order valence-electron chi connectivity index (χ0n) is 18.1. The first-order valence-electron chi connectivity index (χ1n) is 10.1. The Balaban J connectivity index is 0.00000320. The van der Waals surface area contributed by atoms with E-state index in [9.17, 15) is 5.11 Å². The summed E-state index contributed by atoms with van der Waals surface area (Å²) >= 11 is 0. The van der Waals surface area contributed by atoms with E-state index >= 15 is 0 Å². The first kappa shape index (κ1) is 24.2. The Bertz CT molecular complexity index is 977. The predicted octanol–water partition coefficient (Wildman–Crippen LogP) is 3.72. The fraction of sp³-hybridized carbons (Fsp3) is 0.455. The zero-order valence-corrected chi connectivity index (χ0v) is 20.4. The normalized spacial score (nSPS) is 13.7. The molecular weight excluding hydrogens is 493 g/mol. The number of nitrogens with zero attached hydrogens (tertiary/aromatic N) is 3. The minimum Gasteiger partial charge on any atom is -0.466 e. The minimum atomic E-state index is -1.08. The molecule has 1 atom stereocenters. The van der Waals surface area contributed by atoms with Gasteiger partial charge in [0.1, 0.15) is 17.1 Å². The average molecular weight is 525 g/mol. The third-order valence-corrected chi connectivity index (χ3v) is 4.91. The fourth-order valence-corrected chi connectivity index (χ4v) is 3.47. The van der Waals surface area contributed by atoms with E-state index in [2.05, 4.69) is 31.2 Å². The Hall–Kier alpha value is -2.07. The first-order valence-corrected chi connectivity index (χ1v) is 10.1. The number of para-hydroxylation sites is 2. The molecule has 0 saturated carbocycles. The number of imidazole rings is 1. The van der Waals surface area contributed by atoms with Crippen LogP contribution in [-0.2, 0) is 12.1 Å². The SMILES string of the molecule is CCNC(=NCC(C)(O)c1cc(C)oc1C)NCCCn1cnc2ccccc21.I. The topological polar surface area (TPSA) is 87.6 Å². The number of aromatic nitrogens is 2. The summed E-state index contributed by atoms with van der Waals surface area (Å²) in [6, 6.07) is 10.0. The van der Waals surface area contributed by atoms with Gasteiger partial charge in [0.15, 0.2) is 5.96 Å². The van der Waals surface area contributed by atoms with Gasteiger partial charge in [0, 0.05) is 25.2 Å². The second-order valence-electron chi connectivity index (χ2n) is 7.50. The number of aliphatic hydroxyl groups is 1. The van der Waals surface area contributed by atoms with E-state index in [1.54, 1.807) is 6.92 Å². The molecule has 3 aromatic rings. The zero-order chi connectivity index (χ0) is 20.9. The van der Waals surface area contributed by atoms with Crippen molar-refractivity contribution >= 4 is 41.0 Å². The number of nitrogens with one attached hydrogen (secondary N) is 2. The van der Waals surface area contributed by atoms with Crippen LogP contribution in [0.2, 0.25) is 0 Å². The van der Waals surface area contributed by atoms with Gasteiger partial charge in [-0.05, 0) is 52.3 Å². The van der Waals surface area contributed by atoms with Gasteiger partial charge < -0.3 is 24.7 Å². The van der Waals surface area contributed by atoms with E-state index in [4.69, 9.17) is 4.42 Å². The van der Waals surface area contributed by atoms with Crippen LogP contribution < -0.4 is 10.6 Å². The molecule has 1 aromatic carbocycles. The molecule has 7 nitrogen and oxygen atoms in total. The van der Waals surface area contributed by atoms with Gasteiger partial charge in [-0.3, -0.25) is 0 Å². The van der Waals surface area contributed by atoms with Gasteiger partial charge in [-0.1, -0.05) is 12.1 Å². The second kappa shape index (κ2) is 10.8. The highest BCUT2D eigenvalue weighted by Gasteiger charge is 2.27. The van der Waals surface area contributed by atoms with Crippen molar-refractivity contribution in [1.82, 2.24) is 20.2 Å². The lowest BCUT2D eigenvalue weighted by atomic mass is 9.96. The van der Waals surface area contributed by atoms with Gasteiger partial charge in [0.25, 0.3) is 0 Å². The van der Waals surface area contributed by atoms with E-state index in [0.29, 0.717) is 5.96 Å². The highest BCUT2D eigenvalue weighted by Crippen LogP contribution is 2.27. The summed E-state index contributed by atoms with van der Waals surface area (Å²) in [7, 11) is 0. The van der Waals surface area contributed by atoms with Gasteiger partial charge in [0.2, 0.25) is 0 Å². The van der Waals surface area contributed by atoms with E-state index in [1.807, 2.05) is 51.4 Å². The van der Waals surface area contributed by atoms with Crippen LogP contribution in [0.25, 0.3) is 11.0 Å². The largest absolute Gasteiger partial charge is 0.466 e. The standard InChI is InChI=1S/C22H31N5O2.HI/c1-5-23-21(25-14-22(4,28)18-13-16(2)29-17(18)3)24-11-8-12-27-15-26-19-9-6-7-10-20(19)27;/h6-7,9-10,13,15,28H,5,8,11-12,14H2,1-4H3,(H2,23,24,25);1H. The molecular formula is C22H32IN5O2. The number of hydrogen-bond acceptors (Lipinski definition) is 4. The maximum absolute atomic E-state index is 10.9. The van der Waals surface area contributed by atoms with Crippen LogP contribution in [0.3, 0.4) is 0 Å². The third-order valence-electron chi connectivity index (χ3n) is 4.91. The first-order chi connectivity index (χ1) is 13.9. The number of hydrogen-bond donors (Lipinski definition) is 3. The van der Waals surface area contributed by atoms with E-state index in [1.165, 1.54) is 0 Å². The summed E-state index contributed by atoms with van der Waals surface area (Å²) in [6.45, 7) is 10.2. The lowest BCUT2D eigenvalue weighted by Crippen LogP contribution is -2.39. The van der Waals surface area contributed by atoms with E-state index in [-0.39, 0.29) is 30.5 Å². The highest BCUT2D eigenvalue weighted by atomic mass is 127. The smallest absolute Gasteiger partial charge is 0.191 e. The van der Waals surface area contributed by atoms with Crippen LogP contribution in [0.15, 0.2) is 46.1 Å². The van der Waals surface area contributed by atoms with Crippen molar-refractivity contribution in [3.63, 3.8) is 0 Å². The monoisotopic (exact) mass is 525 g/mol. The molecule has 2 aromatic heterocycles. The molecule has 0 aliphatic rings. The quantitative estimate of drug-likeness (QED) is 0.181. The average Bonchev–Trinajstić information content (AvgIpc) is 3.26. The Labute approximate surface area is 195 Å². The van der Waals surface area contributed by atoms with Gasteiger partial charge in [-0.25, -0.2) is 9.98 Å². The van der Waals surface area contributed by atoms with Crippen molar-refractivity contribution in [2.24, 2.45) is 4.99 Å². The maximum Gasteiger partial charge on any atom is 0.191 e. The van der Waals surface area contributed by atoms with Crippen LogP contribution in [0, 0.1) is 13.8 Å². The molecule has 30 heavy (non-hydrogen) atoms. The Morgan fingerprint density at radius 3 is 2.73 bits per heavy atom. The summed E-state index contributed by atoms with van der Waals surface area (Å²) in [4.78, 5) is 9.01. The van der Waals surface area contributed by atoms with Gasteiger partial charge >= 0.3 is 0 Å². The van der Waals surface area contributed by atoms with Crippen molar-refractivity contribution in [3.8, 4) is 0 Å². The maximum atomic E-state index is 10.9. The number of halogens is 1. The lowest BCUT2D eigenvalue weighted by Gasteiger charge is -2.21. The molecule has 0 aliphatic carbocycles. The number of fused-ring (bicyclic) bond motifs is 1. The number of aryl methyl sites for hydroxylation is 3. The number of rotatable bonds is 8. The predicted molar refractivity (Wildman–Crippen MR) is 131 cm³/mol. The number of furan rings is 1. The van der Waals surface area contributed by atoms with Crippen LogP contribution in [0.4, 0.5) is 0 Å². The van der Waals surface area contributed by atoms with Crippen LogP contribution in [0.1, 0.15) is 37.4 Å². The Kier molecular flexibility index (Phi) is 8.72. The van der Waals surface area contributed by atoms with Gasteiger partial charge in [0.05, 0.1) is 23.9 Å². The van der Waals surface area contributed by atoms with Crippen LogP contribution >= 0.6 is 24.0 Å². The Morgan fingerprint density at radius 2 is 2.03 bits per heavy atom. The molecule has 8 heteroatoms. The molecule has 3 rings (SSSR count). The summed E-state index contributed by atoms with van der Waals surface area (Å²) in [5.41, 5.74) is 1.86. The molecule has 0 spiro atoms. The van der Waals surface area contributed by atoms with Crippen molar-refractivity contribution < 1.29 is 9.52 Å². The molecule has 164 valence electrons. The molecule has 2 heterocycles. The molecule has 0 amide bonds. The molecule has 0 saturated heterocycles. The van der Waals surface area contributed by atoms with Crippen molar-refractivity contribution in [2.45, 2.75) is 46.3 Å². The fourth-order valence-electron chi connectivity index (χ4n) is 3.47. The highest BCUT2D eigenvalue weighted by molar-refractivity contribution is 14.0. The summed E-state index contributed by atoms with van der Waals surface area (Å²) < 4.78 is 7.72. The van der Waals surface area contributed by atoms with Crippen molar-refractivity contribution in [1.29, 1.82) is 0 Å². The van der Waals surface area contributed by atoms with E-state index < -0.39 is 5.60 Å². The van der Waals surface area contributed by atoms with Gasteiger partial charge in [-0.15, -0.1) is 24.0 Å². The number of aliphatic imine (C=N–C) groups is 1. The summed E-state index contributed by atoms with van der Waals surface area (Å²) in [5, 5.41) is 17.4. The molecule has 0 aliphatic heterocycles. The Morgan fingerprint density at radius 1 is 1.27 bits per heavy atom. The molecule has 1 unspecified atom stereocenters. The van der Waals surface area contributed by atoms with Crippen LogP contribution in [0.5, 0.6) is 0 Å². The van der Waals surface area contributed by atoms with Gasteiger partial charge in [-0.2, -0.15) is 0 Å². The molecule has 0 bridgehead atoms. The van der Waals surface area contributed by atoms with Crippen molar-refractivity contribution in [2.75, 3.05) is 19.6 Å². The number of guanidine groups is 1. The lowest BCUT2D eigenvalue weighted by molar-refractivity contribution is 0.0657. The van der Waals surface area contributed by atoms with E-state index in [0.717, 1.165) is 54.2 Å². The molecule has 3 N–H and O–H groups in total. The molecule has 0 radical (unpaired) electrons. The van der Waals surface area contributed by atoms with Crippen molar-refractivity contribution in [3.05, 3.63) is 53.7 Å². The molecule has 0 fully saturated rings.